The molecule has 0 saturated heterocycles. The molecule has 19 heavy (non-hydrogen) atoms. The molecule has 5 heteroatoms. The van der Waals surface area contributed by atoms with Gasteiger partial charge in [-0.25, -0.2) is 9.97 Å². The van der Waals surface area contributed by atoms with E-state index in [9.17, 15) is 0 Å². The van der Waals surface area contributed by atoms with Gasteiger partial charge in [-0.15, -0.1) is 0 Å². The molecule has 0 atom stereocenters. The molecule has 0 aliphatic heterocycles. The Hall–Kier alpha value is -2.04. The van der Waals surface area contributed by atoms with Gasteiger partial charge in [0, 0.05) is 24.5 Å². The van der Waals surface area contributed by atoms with Gasteiger partial charge in [-0.05, 0) is 19.9 Å². The zero-order valence-corrected chi connectivity index (χ0v) is 11.8. The van der Waals surface area contributed by atoms with Gasteiger partial charge < -0.3 is 14.4 Å². The van der Waals surface area contributed by atoms with E-state index in [2.05, 4.69) is 28.7 Å². The van der Waals surface area contributed by atoms with Crippen LogP contribution in [-0.2, 0) is 0 Å². The lowest BCUT2D eigenvalue weighted by molar-refractivity contribution is 0.356. The number of methoxy groups -OCH3 is 2. The summed E-state index contributed by atoms with van der Waals surface area (Å²) in [6, 6.07) is 3.81. The summed E-state index contributed by atoms with van der Waals surface area (Å²) in [5.41, 5.74) is 0.856. The summed E-state index contributed by atoms with van der Waals surface area (Å²) < 4.78 is 10.6. The van der Waals surface area contributed by atoms with E-state index < -0.39 is 0 Å². The lowest BCUT2D eigenvalue weighted by atomic mass is 10.2. The number of anilines is 1. The van der Waals surface area contributed by atoms with Crippen LogP contribution in [0.2, 0.25) is 0 Å². The lowest BCUT2D eigenvalue weighted by Crippen LogP contribution is -2.23. The van der Waals surface area contributed by atoms with Crippen molar-refractivity contribution < 1.29 is 9.47 Å². The number of nitrogens with zero attached hydrogens (tertiary/aromatic N) is 3. The molecule has 2 aromatic rings. The van der Waals surface area contributed by atoms with Crippen molar-refractivity contribution in [3.05, 3.63) is 18.5 Å². The van der Waals surface area contributed by atoms with Crippen LogP contribution >= 0.6 is 0 Å². The first-order valence-corrected chi connectivity index (χ1v) is 6.36. The Labute approximate surface area is 113 Å². The molecular formula is C14H19N3O2. The number of benzene rings is 1. The monoisotopic (exact) mass is 261 g/mol. The summed E-state index contributed by atoms with van der Waals surface area (Å²) in [6.07, 6.45) is 1.59. The largest absolute Gasteiger partial charge is 0.493 e. The molecule has 0 amide bonds. The van der Waals surface area contributed by atoms with Crippen LogP contribution in [0.25, 0.3) is 10.9 Å². The molecule has 0 bridgehead atoms. The topological polar surface area (TPSA) is 47.5 Å². The molecule has 1 aromatic carbocycles. The Kier molecular flexibility index (Phi) is 4.04. The van der Waals surface area contributed by atoms with E-state index >= 15 is 0 Å². The van der Waals surface area contributed by atoms with Gasteiger partial charge in [0.1, 0.15) is 12.1 Å². The summed E-state index contributed by atoms with van der Waals surface area (Å²) in [7, 11) is 3.25. The second-order valence-electron chi connectivity index (χ2n) is 4.09. The number of aromatic nitrogens is 2. The number of hydrogen-bond acceptors (Lipinski definition) is 5. The van der Waals surface area contributed by atoms with Crippen LogP contribution in [0.1, 0.15) is 13.8 Å². The maximum absolute atomic E-state index is 5.35. The van der Waals surface area contributed by atoms with Crippen molar-refractivity contribution in [1.82, 2.24) is 9.97 Å². The minimum absolute atomic E-state index is 0.680. The SMILES string of the molecule is CCN(CC)c1ncnc2cc(OC)c(OC)cc12. The maximum Gasteiger partial charge on any atom is 0.162 e. The fraction of sp³-hybridized carbons (Fsp3) is 0.429. The van der Waals surface area contributed by atoms with E-state index in [1.54, 1.807) is 20.5 Å². The molecule has 0 unspecified atom stereocenters. The van der Waals surface area contributed by atoms with E-state index in [0.29, 0.717) is 11.5 Å². The van der Waals surface area contributed by atoms with Gasteiger partial charge in [-0.1, -0.05) is 0 Å². The number of fused-ring (bicyclic) bond motifs is 1. The van der Waals surface area contributed by atoms with Crippen molar-refractivity contribution in [2.75, 3.05) is 32.2 Å². The van der Waals surface area contributed by atoms with Crippen molar-refractivity contribution in [3.8, 4) is 11.5 Å². The molecule has 0 aliphatic rings. The zero-order valence-electron chi connectivity index (χ0n) is 11.8. The fourth-order valence-corrected chi connectivity index (χ4v) is 2.14. The van der Waals surface area contributed by atoms with Gasteiger partial charge in [-0.2, -0.15) is 0 Å². The smallest absolute Gasteiger partial charge is 0.162 e. The first kappa shape index (κ1) is 13.4. The summed E-state index contributed by atoms with van der Waals surface area (Å²) in [5.74, 6) is 2.30. The zero-order chi connectivity index (χ0) is 13.8. The number of ether oxygens (including phenoxy) is 2. The van der Waals surface area contributed by atoms with E-state index in [1.165, 1.54) is 0 Å². The second kappa shape index (κ2) is 5.73. The minimum Gasteiger partial charge on any atom is -0.493 e. The average molecular weight is 261 g/mol. The molecule has 0 radical (unpaired) electrons. The fourth-order valence-electron chi connectivity index (χ4n) is 2.14. The summed E-state index contributed by atoms with van der Waals surface area (Å²) >= 11 is 0. The third-order valence-electron chi connectivity index (χ3n) is 3.18. The van der Waals surface area contributed by atoms with Gasteiger partial charge in [0.05, 0.1) is 19.7 Å². The van der Waals surface area contributed by atoms with Gasteiger partial charge in [-0.3, -0.25) is 0 Å². The lowest BCUT2D eigenvalue weighted by Gasteiger charge is -2.21. The molecule has 0 aliphatic carbocycles. The van der Waals surface area contributed by atoms with Crippen LogP contribution in [0.15, 0.2) is 18.5 Å². The molecule has 102 valence electrons. The normalized spacial score (nSPS) is 10.5. The molecule has 1 aromatic heterocycles. The van der Waals surface area contributed by atoms with E-state index in [4.69, 9.17) is 9.47 Å². The van der Waals surface area contributed by atoms with E-state index in [1.807, 2.05) is 12.1 Å². The Balaban J connectivity index is 2.66. The molecule has 2 rings (SSSR count). The van der Waals surface area contributed by atoms with Crippen molar-refractivity contribution in [3.63, 3.8) is 0 Å². The van der Waals surface area contributed by atoms with Crippen molar-refractivity contribution in [1.29, 1.82) is 0 Å². The first-order valence-electron chi connectivity index (χ1n) is 6.36. The van der Waals surface area contributed by atoms with Crippen molar-refractivity contribution in [2.24, 2.45) is 0 Å². The second-order valence-corrected chi connectivity index (χ2v) is 4.09. The molecule has 5 nitrogen and oxygen atoms in total. The van der Waals surface area contributed by atoms with E-state index in [0.717, 1.165) is 29.8 Å². The van der Waals surface area contributed by atoms with Crippen molar-refractivity contribution >= 4 is 16.7 Å². The van der Waals surface area contributed by atoms with Crippen LogP contribution in [0.5, 0.6) is 11.5 Å². The van der Waals surface area contributed by atoms with Gasteiger partial charge in [0.25, 0.3) is 0 Å². The Bertz CT molecular complexity index is 568. The summed E-state index contributed by atoms with van der Waals surface area (Å²) in [5, 5.41) is 0.976. The highest BCUT2D eigenvalue weighted by Gasteiger charge is 2.13. The minimum atomic E-state index is 0.680. The van der Waals surface area contributed by atoms with E-state index in [-0.39, 0.29) is 0 Å². The van der Waals surface area contributed by atoms with Crippen LogP contribution < -0.4 is 14.4 Å². The highest BCUT2D eigenvalue weighted by Crippen LogP contribution is 2.34. The average Bonchev–Trinajstić information content (AvgIpc) is 2.47. The first-order chi connectivity index (χ1) is 9.24. The van der Waals surface area contributed by atoms with Crippen LogP contribution in [0.4, 0.5) is 5.82 Å². The standard InChI is InChI=1S/C14H19N3O2/c1-5-17(6-2)14-10-7-12(18-3)13(19-4)8-11(10)15-9-16-14/h7-9H,5-6H2,1-4H3. The predicted molar refractivity (Wildman–Crippen MR) is 76.2 cm³/mol. The highest BCUT2D eigenvalue weighted by molar-refractivity contribution is 5.92. The number of hydrogen-bond donors (Lipinski definition) is 0. The maximum atomic E-state index is 5.35. The van der Waals surface area contributed by atoms with Gasteiger partial charge in [0.2, 0.25) is 0 Å². The Morgan fingerprint density at radius 2 is 1.63 bits per heavy atom. The summed E-state index contributed by atoms with van der Waals surface area (Å²) in [4.78, 5) is 10.9. The number of rotatable bonds is 5. The van der Waals surface area contributed by atoms with Crippen LogP contribution in [-0.4, -0.2) is 37.3 Å². The predicted octanol–water partition coefficient (Wildman–Crippen LogP) is 2.49. The molecular weight excluding hydrogens is 242 g/mol. The van der Waals surface area contributed by atoms with Gasteiger partial charge >= 0.3 is 0 Å². The molecule has 0 fully saturated rings. The Morgan fingerprint density at radius 1 is 1.00 bits per heavy atom. The highest BCUT2D eigenvalue weighted by atomic mass is 16.5. The van der Waals surface area contributed by atoms with Gasteiger partial charge in [0.15, 0.2) is 11.5 Å². The molecule has 1 heterocycles. The third-order valence-corrected chi connectivity index (χ3v) is 3.18. The van der Waals surface area contributed by atoms with Crippen LogP contribution in [0.3, 0.4) is 0 Å². The molecule has 0 spiro atoms. The van der Waals surface area contributed by atoms with Crippen molar-refractivity contribution in [2.45, 2.75) is 13.8 Å². The Morgan fingerprint density at radius 3 is 2.21 bits per heavy atom. The summed E-state index contributed by atoms with van der Waals surface area (Å²) in [6.45, 7) is 6.02. The van der Waals surface area contributed by atoms with Crippen LogP contribution in [0, 0.1) is 0 Å². The third kappa shape index (κ3) is 2.41. The quantitative estimate of drug-likeness (QED) is 0.827. The molecule has 0 saturated carbocycles. The molecule has 0 N–H and O–H groups in total.